The number of nitrogens with zero attached hydrogens (tertiary/aromatic N) is 2. The smallest absolute Gasteiger partial charge is 0.264 e. The summed E-state index contributed by atoms with van der Waals surface area (Å²) in [5.41, 5.74) is 1.21. The zero-order valence-electron chi connectivity index (χ0n) is 13.8. The lowest BCUT2D eigenvalue weighted by atomic mass is 10.3. The predicted molar refractivity (Wildman–Crippen MR) is 106 cm³/mol. The molecule has 3 aromatic rings. The number of rotatable bonds is 5. The molecule has 0 fully saturated rings. The molecule has 7 nitrogen and oxygen atoms in total. The number of benzene rings is 2. The molecule has 0 bridgehead atoms. The third-order valence-corrected chi connectivity index (χ3v) is 4.86. The van der Waals surface area contributed by atoms with E-state index >= 15 is 0 Å². The molecule has 138 valence electrons. The molecule has 27 heavy (non-hydrogen) atoms. The number of aromatic nitrogens is 2. The number of sulfonamides is 1. The third-order valence-electron chi connectivity index (χ3n) is 3.32. The monoisotopic (exact) mass is 403 g/mol. The maximum atomic E-state index is 12.9. The molecule has 10 heteroatoms. The fourth-order valence-electron chi connectivity index (χ4n) is 2.07. The summed E-state index contributed by atoms with van der Waals surface area (Å²) < 4.78 is 39.8. The number of hydrogen-bond acceptors (Lipinski definition) is 5. The topological polar surface area (TPSA) is 96.0 Å². The van der Waals surface area contributed by atoms with Crippen LogP contribution in [0.15, 0.2) is 71.9 Å². The van der Waals surface area contributed by atoms with E-state index in [1.807, 2.05) is 0 Å². The highest BCUT2D eigenvalue weighted by Gasteiger charge is 2.15. The van der Waals surface area contributed by atoms with Crippen LogP contribution in [0.2, 0.25) is 0 Å². The fraction of sp³-hybridized carbons (Fsp3) is 0. The highest BCUT2D eigenvalue weighted by Crippen LogP contribution is 2.17. The standard InChI is InChI=1S/C17H14FN5O2S2/c18-12-2-4-13(5-3-12)21-17(26)22-14-6-8-15(9-7-14)27(24,25)23-16-19-10-1-11-20-16/h1-11H,(H,19,20,23)(H2,21,22,26). The minimum absolute atomic E-state index is 0.00984. The second-order valence-corrected chi connectivity index (χ2v) is 7.38. The van der Waals surface area contributed by atoms with Crippen LogP contribution in [-0.2, 0) is 10.0 Å². The molecule has 2 aromatic carbocycles. The Balaban J connectivity index is 1.64. The van der Waals surface area contributed by atoms with Crippen molar-refractivity contribution in [2.45, 2.75) is 4.90 Å². The van der Waals surface area contributed by atoms with E-state index in [1.165, 1.54) is 36.7 Å². The first-order valence-electron chi connectivity index (χ1n) is 7.66. The first-order chi connectivity index (χ1) is 12.9. The van der Waals surface area contributed by atoms with Crippen molar-refractivity contribution in [3.05, 3.63) is 72.8 Å². The highest BCUT2D eigenvalue weighted by molar-refractivity contribution is 7.92. The summed E-state index contributed by atoms with van der Waals surface area (Å²) in [5.74, 6) is -0.352. The second-order valence-electron chi connectivity index (χ2n) is 5.29. The van der Waals surface area contributed by atoms with Crippen LogP contribution >= 0.6 is 12.2 Å². The molecule has 0 aliphatic carbocycles. The first-order valence-corrected chi connectivity index (χ1v) is 9.55. The van der Waals surface area contributed by atoms with Gasteiger partial charge in [0.15, 0.2) is 5.11 Å². The van der Waals surface area contributed by atoms with Gasteiger partial charge >= 0.3 is 0 Å². The summed E-state index contributed by atoms with van der Waals surface area (Å²) >= 11 is 5.18. The Kier molecular flexibility index (Phi) is 5.57. The minimum atomic E-state index is -3.80. The first kappa shape index (κ1) is 18.7. The Morgan fingerprint density at radius 2 is 1.41 bits per heavy atom. The van der Waals surface area contributed by atoms with Crippen LogP contribution in [0.4, 0.5) is 21.7 Å². The van der Waals surface area contributed by atoms with Crippen molar-refractivity contribution < 1.29 is 12.8 Å². The van der Waals surface area contributed by atoms with Gasteiger partial charge in [0.1, 0.15) is 5.82 Å². The van der Waals surface area contributed by atoms with E-state index in [2.05, 4.69) is 25.3 Å². The summed E-state index contributed by atoms with van der Waals surface area (Å²) in [6.07, 6.45) is 2.87. The molecule has 0 saturated carbocycles. The molecule has 0 radical (unpaired) electrons. The van der Waals surface area contributed by atoms with Gasteiger partial charge in [-0.15, -0.1) is 0 Å². The van der Waals surface area contributed by atoms with Crippen LogP contribution in [0.1, 0.15) is 0 Å². The number of anilines is 3. The molecule has 1 aromatic heterocycles. The largest absolute Gasteiger partial charge is 0.332 e. The number of thiocarbonyl (C=S) groups is 1. The Morgan fingerprint density at radius 3 is 1.96 bits per heavy atom. The lowest BCUT2D eigenvalue weighted by molar-refractivity contribution is 0.601. The average Bonchev–Trinajstić information content (AvgIpc) is 2.64. The van der Waals surface area contributed by atoms with Gasteiger partial charge in [-0.25, -0.2) is 27.5 Å². The van der Waals surface area contributed by atoms with Gasteiger partial charge in [-0.05, 0) is 66.8 Å². The van der Waals surface area contributed by atoms with E-state index < -0.39 is 10.0 Å². The van der Waals surface area contributed by atoms with Gasteiger partial charge < -0.3 is 10.6 Å². The molecule has 0 unspecified atom stereocenters. The quantitative estimate of drug-likeness (QED) is 0.563. The maximum Gasteiger partial charge on any atom is 0.264 e. The Bertz CT molecular complexity index is 1030. The number of nitrogens with one attached hydrogen (secondary N) is 3. The van der Waals surface area contributed by atoms with Crippen LogP contribution in [0.5, 0.6) is 0 Å². The molecule has 3 N–H and O–H groups in total. The van der Waals surface area contributed by atoms with Gasteiger partial charge in [-0.1, -0.05) is 0 Å². The summed E-state index contributed by atoms with van der Waals surface area (Å²) in [7, 11) is -3.80. The highest BCUT2D eigenvalue weighted by atomic mass is 32.2. The zero-order valence-corrected chi connectivity index (χ0v) is 15.4. The maximum absolute atomic E-state index is 12.9. The van der Waals surface area contributed by atoms with Gasteiger partial charge in [0.2, 0.25) is 5.95 Å². The lowest BCUT2D eigenvalue weighted by Gasteiger charge is -2.11. The summed E-state index contributed by atoms with van der Waals surface area (Å²) in [5, 5.41) is 6.11. The van der Waals surface area contributed by atoms with Gasteiger partial charge in [0.05, 0.1) is 4.90 Å². The van der Waals surface area contributed by atoms with Crippen LogP contribution in [0, 0.1) is 5.82 Å². The fourth-order valence-corrected chi connectivity index (χ4v) is 3.27. The Labute approximate surface area is 160 Å². The van der Waals surface area contributed by atoms with Crippen molar-refractivity contribution in [2.75, 3.05) is 15.4 Å². The van der Waals surface area contributed by atoms with Crippen molar-refractivity contribution in [1.82, 2.24) is 9.97 Å². The lowest BCUT2D eigenvalue weighted by Crippen LogP contribution is -2.19. The van der Waals surface area contributed by atoms with E-state index in [0.29, 0.717) is 11.4 Å². The molecule has 0 spiro atoms. The molecule has 0 saturated heterocycles. The van der Waals surface area contributed by atoms with E-state index in [-0.39, 0.29) is 21.8 Å². The summed E-state index contributed by atoms with van der Waals surface area (Å²) in [6.45, 7) is 0. The van der Waals surface area contributed by atoms with E-state index in [0.717, 1.165) is 0 Å². The van der Waals surface area contributed by atoms with E-state index in [1.54, 1.807) is 30.3 Å². The zero-order chi connectivity index (χ0) is 19.3. The number of hydrogen-bond donors (Lipinski definition) is 3. The minimum Gasteiger partial charge on any atom is -0.332 e. The van der Waals surface area contributed by atoms with Crippen LogP contribution in [0.25, 0.3) is 0 Å². The van der Waals surface area contributed by atoms with Crippen molar-refractivity contribution >= 4 is 44.7 Å². The van der Waals surface area contributed by atoms with Crippen LogP contribution in [-0.4, -0.2) is 23.5 Å². The molecule has 0 atom stereocenters. The summed E-state index contributed by atoms with van der Waals surface area (Å²) in [4.78, 5) is 7.71. The third kappa shape index (κ3) is 5.19. The molecule has 0 aliphatic rings. The summed E-state index contributed by atoms with van der Waals surface area (Å²) in [6, 6.07) is 13.3. The van der Waals surface area contributed by atoms with Gasteiger partial charge in [-0.3, -0.25) is 0 Å². The molecule has 3 rings (SSSR count). The van der Waals surface area contributed by atoms with Crippen molar-refractivity contribution in [3.8, 4) is 0 Å². The Morgan fingerprint density at radius 1 is 0.889 bits per heavy atom. The van der Waals surface area contributed by atoms with Crippen molar-refractivity contribution in [3.63, 3.8) is 0 Å². The molecule has 1 heterocycles. The van der Waals surface area contributed by atoms with Crippen LogP contribution in [0.3, 0.4) is 0 Å². The SMILES string of the molecule is O=S(=O)(Nc1ncccn1)c1ccc(NC(=S)Nc2ccc(F)cc2)cc1. The number of halogens is 1. The van der Waals surface area contributed by atoms with E-state index in [4.69, 9.17) is 12.2 Å². The van der Waals surface area contributed by atoms with Crippen LogP contribution < -0.4 is 15.4 Å². The van der Waals surface area contributed by atoms with Gasteiger partial charge in [0.25, 0.3) is 10.0 Å². The van der Waals surface area contributed by atoms with E-state index in [9.17, 15) is 12.8 Å². The molecule has 0 amide bonds. The normalized spacial score (nSPS) is 10.9. The molecule has 0 aliphatic heterocycles. The van der Waals surface area contributed by atoms with Crippen molar-refractivity contribution in [2.24, 2.45) is 0 Å². The van der Waals surface area contributed by atoms with Gasteiger partial charge in [-0.2, -0.15) is 0 Å². The molecular formula is C17H14FN5O2S2. The second kappa shape index (κ2) is 8.06. The van der Waals surface area contributed by atoms with Crippen molar-refractivity contribution in [1.29, 1.82) is 0 Å². The Hall–Kier alpha value is -3.11. The predicted octanol–water partition coefficient (Wildman–Crippen LogP) is 3.23. The average molecular weight is 403 g/mol. The van der Waals surface area contributed by atoms with Gasteiger partial charge in [0, 0.05) is 23.8 Å². The molecular weight excluding hydrogens is 389 g/mol.